The van der Waals surface area contributed by atoms with Crippen molar-refractivity contribution >= 4 is 0 Å². The van der Waals surface area contributed by atoms with Crippen molar-refractivity contribution in [3.63, 3.8) is 0 Å². The van der Waals surface area contributed by atoms with Crippen molar-refractivity contribution in [1.29, 1.82) is 0 Å². The van der Waals surface area contributed by atoms with Gasteiger partial charge in [0.15, 0.2) is 5.82 Å². The molecular weight excluding hydrogens is 216 g/mol. The van der Waals surface area contributed by atoms with Crippen LogP contribution in [0.5, 0.6) is 5.75 Å². The highest BCUT2D eigenvalue weighted by Crippen LogP contribution is 2.19. The third kappa shape index (κ3) is 3.26. The maximum Gasteiger partial charge on any atom is 0.166 e. The Bertz CT molecular complexity index is 472. The molecule has 1 heterocycles. The van der Waals surface area contributed by atoms with Gasteiger partial charge in [0.1, 0.15) is 12.4 Å². The average Bonchev–Trinajstić information content (AvgIpc) is 2.38. The van der Waals surface area contributed by atoms with E-state index in [0.29, 0.717) is 18.2 Å². The lowest BCUT2D eigenvalue weighted by atomic mass is 10.1. The first-order chi connectivity index (χ1) is 8.25. The van der Waals surface area contributed by atoms with Crippen molar-refractivity contribution < 1.29 is 9.84 Å². The Kier molecular flexibility index (Phi) is 3.67. The van der Waals surface area contributed by atoms with Gasteiger partial charge in [-0.1, -0.05) is 12.1 Å². The molecule has 4 nitrogen and oxygen atoms in total. The summed E-state index contributed by atoms with van der Waals surface area (Å²) in [5, 5.41) is 9.45. The molecule has 0 unspecified atom stereocenters. The fourth-order valence-corrected chi connectivity index (χ4v) is 1.42. The van der Waals surface area contributed by atoms with Gasteiger partial charge >= 0.3 is 0 Å². The minimum Gasteiger partial charge on any atom is -0.486 e. The number of aromatic nitrogens is 2. The van der Waals surface area contributed by atoms with Crippen LogP contribution in [0.15, 0.2) is 42.7 Å². The molecule has 0 amide bonds. The Labute approximate surface area is 99.9 Å². The third-order valence-corrected chi connectivity index (χ3v) is 2.33. The molecule has 88 valence electrons. The molecule has 2 aromatic rings. The van der Waals surface area contributed by atoms with Crippen LogP contribution in [-0.4, -0.2) is 15.1 Å². The van der Waals surface area contributed by atoms with E-state index < -0.39 is 6.10 Å². The first-order valence-corrected chi connectivity index (χ1v) is 5.42. The molecule has 0 bridgehead atoms. The molecule has 4 heteroatoms. The summed E-state index contributed by atoms with van der Waals surface area (Å²) in [4.78, 5) is 8.13. The average molecular weight is 230 g/mol. The number of hydrogen-bond donors (Lipinski definition) is 1. The SMILES string of the molecule is C[C@H](O)c1cccc(OCc2ncccn2)c1. The maximum atomic E-state index is 9.45. The Balaban J connectivity index is 2.02. The minimum absolute atomic E-state index is 0.324. The molecule has 0 saturated carbocycles. The van der Waals surface area contributed by atoms with Crippen LogP contribution in [0.25, 0.3) is 0 Å². The lowest BCUT2D eigenvalue weighted by molar-refractivity contribution is 0.198. The van der Waals surface area contributed by atoms with Gasteiger partial charge in [-0.3, -0.25) is 0 Å². The summed E-state index contributed by atoms with van der Waals surface area (Å²) >= 11 is 0. The van der Waals surface area contributed by atoms with E-state index in [1.54, 1.807) is 25.4 Å². The van der Waals surface area contributed by atoms with Crippen LogP contribution in [0, 0.1) is 0 Å². The van der Waals surface area contributed by atoms with Gasteiger partial charge in [0.2, 0.25) is 0 Å². The minimum atomic E-state index is -0.494. The molecule has 0 aliphatic carbocycles. The molecule has 0 aliphatic rings. The second-order valence-corrected chi connectivity index (χ2v) is 3.70. The van der Waals surface area contributed by atoms with E-state index >= 15 is 0 Å². The predicted molar refractivity (Wildman–Crippen MR) is 63.4 cm³/mol. The van der Waals surface area contributed by atoms with E-state index in [-0.39, 0.29) is 0 Å². The standard InChI is InChI=1S/C13H14N2O2/c1-10(16)11-4-2-5-12(8-11)17-9-13-14-6-3-7-15-13/h2-8,10,16H,9H2,1H3/t10-/m0/s1. The molecule has 1 aromatic carbocycles. The zero-order valence-electron chi connectivity index (χ0n) is 9.58. The summed E-state index contributed by atoms with van der Waals surface area (Å²) in [5.74, 6) is 1.34. The Morgan fingerprint density at radius 3 is 2.71 bits per heavy atom. The molecule has 1 N–H and O–H groups in total. The summed E-state index contributed by atoms with van der Waals surface area (Å²) < 4.78 is 5.55. The largest absolute Gasteiger partial charge is 0.486 e. The molecule has 0 radical (unpaired) electrons. The van der Waals surface area contributed by atoms with E-state index in [1.807, 2.05) is 24.3 Å². The van der Waals surface area contributed by atoms with E-state index in [0.717, 1.165) is 5.56 Å². The van der Waals surface area contributed by atoms with Gasteiger partial charge in [0.05, 0.1) is 6.10 Å². The number of nitrogens with zero attached hydrogens (tertiary/aromatic N) is 2. The summed E-state index contributed by atoms with van der Waals surface area (Å²) in [6, 6.07) is 9.12. The van der Waals surface area contributed by atoms with Crippen molar-refractivity contribution in [2.24, 2.45) is 0 Å². The monoisotopic (exact) mass is 230 g/mol. The molecule has 0 aliphatic heterocycles. The molecule has 17 heavy (non-hydrogen) atoms. The lowest BCUT2D eigenvalue weighted by Crippen LogP contribution is -2.01. The molecule has 0 spiro atoms. The van der Waals surface area contributed by atoms with Gasteiger partial charge < -0.3 is 9.84 Å². The summed E-state index contributed by atoms with van der Waals surface area (Å²) in [7, 11) is 0. The van der Waals surface area contributed by atoms with Crippen molar-refractivity contribution in [2.45, 2.75) is 19.6 Å². The van der Waals surface area contributed by atoms with E-state index in [2.05, 4.69) is 9.97 Å². The molecule has 1 aromatic heterocycles. The lowest BCUT2D eigenvalue weighted by Gasteiger charge is -2.08. The van der Waals surface area contributed by atoms with Crippen molar-refractivity contribution in [3.8, 4) is 5.75 Å². The Hall–Kier alpha value is -1.94. The molecule has 0 saturated heterocycles. The van der Waals surface area contributed by atoms with Gasteiger partial charge in [-0.15, -0.1) is 0 Å². The van der Waals surface area contributed by atoms with Gasteiger partial charge in [-0.2, -0.15) is 0 Å². The fourth-order valence-electron chi connectivity index (χ4n) is 1.42. The number of hydrogen-bond acceptors (Lipinski definition) is 4. The van der Waals surface area contributed by atoms with Gasteiger partial charge in [0.25, 0.3) is 0 Å². The summed E-state index contributed by atoms with van der Waals surface area (Å²) in [6.45, 7) is 2.05. The number of aliphatic hydroxyl groups excluding tert-OH is 1. The predicted octanol–water partition coefficient (Wildman–Crippen LogP) is 2.11. The Morgan fingerprint density at radius 2 is 2.00 bits per heavy atom. The van der Waals surface area contributed by atoms with Crippen LogP contribution in [-0.2, 0) is 6.61 Å². The van der Waals surface area contributed by atoms with Crippen LogP contribution in [0.2, 0.25) is 0 Å². The molecule has 1 atom stereocenters. The fraction of sp³-hybridized carbons (Fsp3) is 0.231. The molecular formula is C13H14N2O2. The quantitative estimate of drug-likeness (QED) is 0.874. The van der Waals surface area contributed by atoms with Crippen molar-refractivity contribution in [2.75, 3.05) is 0 Å². The maximum absolute atomic E-state index is 9.45. The molecule has 2 rings (SSSR count). The van der Waals surface area contributed by atoms with Gasteiger partial charge in [0, 0.05) is 12.4 Å². The van der Waals surface area contributed by atoms with Crippen LogP contribution < -0.4 is 4.74 Å². The number of ether oxygens (including phenoxy) is 1. The number of rotatable bonds is 4. The van der Waals surface area contributed by atoms with Gasteiger partial charge in [-0.05, 0) is 30.7 Å². The van der Waals surface area contributed by atoms with Crippen LogP contribution >= 0.6 is 0 Å². The first kappa shape index (κ1) is 11.5. The van der Waals surface area contributed by atoms with Crippen molar-refractivity contribution in [3.05, 3.63) is 54.1 Å². The summed E-state index contributed by atoms with van der Waals surface area (Å²) in [5.41, 5.74) is 0.830. The second kappa shape index (κ2) is 5.41. The van der Waals surface area contributed by atoms with E-state index in [4.69, 9.17) is 4.74 Å². The van der Waals surface area contributed by atoms with Crippen LogP contribution in [0.4, 0.5) is 0 Å². The van der Waals surface area contributed by atoms with E-state index in [9.17, 15) is 5.11 Å². The molecule has 0 fully saturated rings. The third-order valence-electron chi connectivity index (χ3n) is 2.33. The normalized spacial score (nSPS) is 12.1. The Morgan fingerprint density at radius 1 is 1.24 bits per heavy atom. The van der Waals surface area contributed by atoms with Gasteiger partial charge in [-0.25, -0.2) is 9.97 Å². The highest BCUT2D eigenvalue weighted by Gasteiger charge is 2.03. The summed E-state index contributed by atoms with van der Waals surface area (Å²) in [6.07, 6.45) is 2.86. The second-order valence-electron chi connectivity index (χ2n) is 3.70. The van der Waals surface area contributed by atoms with E-state index in [1.165, 1.54) is 0 Å². The zero-order valence-corrected chi connectivity index (χ0v) is 9.58. The number of benzene rings is 1. The highest BCUT2D eigenvalue weighted by molar-refractivity contribution is 5.29. The topological polar surface area (TPSA) is 55.2 Å². The smallest absolute Gasteiger partial charge is 0.166 e. The number of aliphatic hydroxyl groups is 1. The zero-order chi connectivity index (χ0) is 12.1. The highest BCUT2D eigenvalue weighted by atomic mass is 16.5. The van der Waals surface area contributed by atoms with Crippen LogP contribution in [0.3, 0.4) is 0 Å². The first-order valence-electron chi connectivity index (χ1n) is 5.42. The van der Waals surface area contributed by atoms with Crippen LogP contribution in [0.1, 0.15) is 24.4 Å². The van der Waals surface area contributed by atoms with Crippen molar-refractivity contribution in [1.82, 2.24) is 9.97 Å².